The second-order valence-electron chi connectivity index (χ2n) is 7.31. The summed E-state index contributed by atoms with van der Waals surface area (Å²) in [6.07, 6.45) is 6.70. The van der Waals surface area contributed by atoms with Gasteiger partial charge in [-0.3, -0.25) is 9.59 Å². The molecule has 2 rings (SSSR count). The molecule has 27 heavy (non-hydrogen) atoms. The predicted octanol–water partition coefficient (Wildman–Crippen LogP) is 3.71. The molecule has 1 atom stereocenters. The zero-order valence-corrected chi connectivity index (χ0v) is 17.8. The van der Waals surface area contributed by atoms with Gasteiger partial charge in [-0.15, -0.1) is 12.4 Å². The number of carbonyl (C=O) groups is 2. The van der Waals surface area contributed by atoms with E-state index in [-0.39, 0.29) is 36.7 Å². The van der Waals surface area contributed by atoms with Crippen molar-refractivity contribution in [3.05, 3.63) is 29.8 Å². The van der Waals surface area contributed by atoms with Gasteiger partial charge in [0, 0.05) is 16.7 Å². The fourth-order valence-corrected chi connectivity index (χ4v) is 4.25. The Labute approximate surface area is 173 Å². The monoisotopic (exact) mass is 413 g/mol. The first-order valence-electron chi connectivity index (χ1n) is 9.49. The standard InChI is InChI=1S/C20H31N3O2S.ClH/c1-14(2)19(21)20(25)22-12-18(24)23-16-8-6-7-15(11-16)13-26-17-9-4-3-5-10-17;/h6-8,11,14,17,19H,3-5,9-10,12-13,21H2,1-2H3,(H,22,25)(H,23,24);1H/t19-;/m0./s1. The molecule has 1 aromatic rings. The molecular weight excluding hydrogens is 382 g/mol. The summed E-state index contributed by atoms with van der Waals surface area (Å²) in [6.45, 7) is 3.68. The summed E-state index contributed by atoms with van der Waals surface area (Å²) in [7, 11) is 0. The number of carbonyl (C=O) groups excluding carboxylic acids is 2. The highest BCUT2D eigenvalue weighted by Gasteiger charge is 2.17. The average Bonchev–Trinajstić information content (AvgIpc) is 2.65. The summed E-state index contributed by atoms with van der Waals surface area (Å²) in [6, 6.07) is 7.33. The molecule has 5 nitrogen and oxygen atoms in total. The van der Waals surface area contributed by atoms with Gasteiger partial charge in [0.2, 0.25) is 11.8 Å². The van der Waals surface area contributed by atoms with Crippen LogP contribution in [0.2, 0.25) is 0 Å². The predicted molar refractivity (Wildman–Crippen MR) is 116 cm³/mol. The van der Waals surface area contributed by atoms with Crippen LogP contribution in [0.3, 0.4) is 0 Å². The molecule has 0 unspecified atom stereocenters. The van der Waals surface area contributed by atoms with Gasteiger partial charge in [-0.1, -0.05) is 45.2 Å². The maximum atomic E-state index is 12.1. The minimum absolute atomic E-state index is 0. The van der Waals surface area contributed by atoms with Crippen molar-refractivity contribution in [2.75, 3.05) is 11.9 Å². The zero-order chi connectivity index (χ0) is 18.9. The molecule has 1 aliphatic carbocycles. The molecule has 0 heterocycles. The molecule has 0 bridgehead atoms. The highest BCUT2D eigenvalue weighted by molar-refractivity contribution is 7.99. The van der Waals surface area contributed by atoms with E-state index in [2.05, 4.69) is 16.7 Å². The first-order chi connectivity index (χ1) is 12.5. The molecule has 1 fully saturated rings. The fraction of sp³-hybridized carbons (Fsp3) is 0.600. The summed E-state index contributed by atoms with van der Waals surface area (Å²) in [4.78, 5) is 23.9. The largest absolute Gasteiger partial charge is 0.346 e. The minimum Gasteiger partial charge on any atom is -0.346 e. The number of benzene rings is 1. The van der Waals surface area contributed by atoms with Crippen molar-refractivity contribution >= 4 is 41.7 Å². The van der Waals surface area contributed by atoms with E-state index >= 15 is 0 Å². The lowest BCUT2D eigenvalue weighted by Gasteiger charge is -2.21. The minimum atomic E-state index is -0.594. The van der Waals surface area contributed by atoms with Crippen molar-refractivity contribution < 1.29 is 9.59 Å². The number of thioether (sulfide) groups is 1. The van der Waals surface area contributed by atoms with Crippen molar-refractivity contribution in [2.45, 2.75) is 63.0 Å². The van der Waals surface area contributed by atoms with E-state index in [1.54, 1.807) is 0 Å². The molecular formula is C20H32ClN3O2S. The van der Waals surface area contributed by atoms with Gasteiger partial charge in [-0.05, 0) is 36.5 Å². The van der Waals surface area contributed by atoms with Crippen LogP contribution in [0, 0.1) is 5.92 Å². The fourth-order valence-electron chi connectivity index (χ4n) is 2.98. The lowest BCUT2D eigenvalue weighted by Crippen LogP contribution is -2.46. The third-order valence-corrected chi connectivity index (χ3v) is 6.14. The van der Waals surface area contributed by atoms with Gasteiger partial charge in [0.15, 0.2) is 0 Å². The lowest BCUT2D eigenvalue weighted by molar-refractivity contribution is -0.125. The maximum Gasteiger partial charge on any atom is 0.243 e. The number of anilines is 1. The smallest absolute Gasteiger partial charge is 0.243 e. The van der Waals surface area contributed by atoms with E-state index < -0.39 is 6.04 Å². The van der Waals surface area contributed by atoms with Crippen molar-refractivity contribution in [3.8, 4) is 0 Å². The summed E-state index contributed by atoms with van der Waals surface area (Å²) in [5, 5.41) is 6.19. The topological polar surface area (TPSA) is 84.2 Å². The Morgan fingerprint density at radius 1 is 1.22 bits per heavy atom. The Morgan fingerprint density at radius 3 is 2.59 bits per heavy atom. The van der Waals surface area contributed by atoms with E-state index in [0.29, 0.717) is 0 Å². The van der Waals surface area contributed by atoms with Gasteiger partial charge >= 0.3 is 0 Å². The molecule has 0 saturated heterocycles. The van der Waals surface area contributed by atoms with Crippen LogP contribution in [-0.4, -0.2) is 29.7 Å². The second-order valence-corrected chi connectivity index (χ2v) is 8.60. The number of nitrogens with two attached hydrogens (primary N) is 1. The highest BCUT2D eigenvalue weighted by atomic mass is 35.5. The van der Waals surface area contributed by atoms with Gasteiger partial charge in [0.05, 0.1) is 12.6 Å². The lowest BCUT2D eigenvalue weighted by atomic mass is 10.0. The first kappa shape index (κ1) is 23.8. The third-order valence-electron chi connectivity index (χ3n) is 4.69. The van der Waals surface area contributed by atoms with E-state index in [0.717, 1.165) is 16.7 Å². The number of hydrogen-bond donors (Lipinski definition) is 3. The van der Waals surface area contributed by atoms with E-state index in [9.17, 15) is 9.59 Å². The molecule has 0 radical (unpaired) electrons. The van der Waals surface area contributed by atoms with Crippen LogP contribution in [0.5, 0.6) is 0 Å². The molecule has 0 aliphatic heterocycles. The first-order valence-corrected chi connectivity index (χ1v) is 10.5. The van der Waals surface area contributed by atoms with Crippen LogP contribution in [0.4, 0.5) is 5.69 Å². The Hall–Kier alpha value is -1.24. The number of nitrogens with one attached hydrogen (secondary N) is 2. The summed E-state index contributed by atoms with van der Waals surface area (Å²) in [5.74, 6) is 0.463. The number of hydrogen-bond acceptors (Lipinski definition) is 4. The number of amides is 2. The molecule has 0 spiro atoms. The van der Waals surface area contributed by atoms with Crippen molar-refractivity contribution in [2.24, 2.45) is 11.7 Å². The summed E-state index contributed by atoms with van der Waals surface area (Å²) >= 11 is 2.01. The molecule has 1 aliphatic rings. The van der Waals surface area contributed by atoms with Gasteiger partial charge in [0.1, 0.15) is 0 Å². The Bertz CT molecular complexity index is 607. The molecule has 152 valence electrons. The van der Waals surface area contributed by atoms with Gasteiger partial charge in [-0.2, -0.15) is 11.8 Å². The maximum absolute atomic E-state index is 12.1. The molecule has 2 amide bonds. The van der Waals surface area contributed by atoms with Crippen LogP contribution in [-0.2, 0) is 15.3 Å². The quantitative estimate of drug-likeness (QED) is 0.606. The molecule has 4 N–H and O–H groups in total. The Morgan fingerprint density at radius 2 is 1.93 bits per heavy atom. The van der Waals surface area contributed by atoms with Crippen LogP contribution < -0.4 is 16.4 Å². The van der Waals surface area contributed by atoms with Crippen molar-refractivity contribution in [1.82, 2.24) is 5.32 Å². The molecule has 1 aromatic carbocycles. The van der Waals surface area contributed by atoms with Crippen LogP contribution in [0.15, 0.2) is 24.3 Å². The Kier molecular flexibility index (Phi) is 10.8. The summed E-state index contributed by atoms with van der Waals surface area (Å²) < 4.78 is 0. The summed E-state index contributed by atoms with van der Waals surface area (Å²) in [5.41, 5.74) is 7.74. The molecule has 1 saturated carbocycles. The van der Waals surface area contributed by atoms with E-state index in [1.165, 1.54) is 37.7 Å². The number of rotatable bonds is 8. The van der Waals surface area contributed by atoms with Gasteiger partial charge in [0.25, 0.3) is 0 Å². The van der Waals surface area contributed by atoms with Gasteiger partial charge < -0.3 is 16.4 Å². The average molecular weight is 414 g/mol. The van der Waals surface area contributed by atoms with Crippen LogP contribution in [0.25, 0.3) is 0 Å². The third kappa shape index (κ3) is 8.54. The Balaban J connectivity index is 0.00000364. The van der Waals surface area contributed by atoms with Gasteiger partial charge in [-0.25, -0.2) is 0 Å². The molecule has 0 aromatic heterocycles. The van der Waals surface area contributed by atoms with Crippen LogP contribution in [0.1, 0.15) is 51.5 Å². The molecule has 7 heteroatoms. The second kappa shape index (κ2) is 12.3. The van der Waals surface area contributed by atoms with E-state index in [4.69, 9.17) is 5.73 Å². The number of halogens is 1. The zero-order valence-electron chi connectivity index (χ0n) is 16.2. The van der Waals surface area contributed by atoms with Crippen LogP contribution >= 0.6 is 24.2 Å². The SMILES string of the molecule is CC(C)[C@H](N)C(=O)NCC(=O)Nc1cccc(CSC2CCCCC2)c1.Cl. The normalized spacial score (nSPS) is 15.7. The highest BCUT2D eigenvalue weighted by Crippen LogP contribution is 2.30. The van der Waals surface area contributed by atoms with Crippen molar-refractivity contribution in [3.63, 3.8) is 0 Å². The van der Waals surface area contributed by atoms with Crippen molar-refractivity contribution in [1.29, 1.82) is 0 Å². The van der Waals surface area contributed by atoms with E-state index in [1.807, 2.05) is 43.8 Å².